The molecule has 0 fully saturated rings. The van der Waals surface area contributed by atoms with E-state index in [1.165, 1.54) is 12.1 Å². The molecule has 20 heavy (non-hydrogen) atoms. The van der Waals surface area contributed by atoms with Crippen LogP contribution < -0.4 is 5.73 Å². The molecule has 1 atom stereocenters. The molecule has 0 aliphatic heterocycles. The molecule has 2 aromatic rings. The van der Waals surface area contributed by atoms with Gasteiger partial charge in [0.2, 0.25) is 0 Å². The lowest BCUT2D eigenvalue weighted by Crippen LogP contribution is -2.28. The molecule has 0 saturated carbocycles. The zero-order valence-corrected chi connectivity index (χ0v) is 11.8. The first-order valence-corrected chi connectivity index (χ1v) is 6.46. The molecule has 0 amide bonds. The Hall–Kier alpha value is -1.55. The molecule has 2 aromatic carbocycles. The zero-order valence-electron chi connectivity index (χ0n) is 11.8. The first-order valence-electron chi connectivity index (χ1n) is 6.46. The largest absolute Gasteiger partial charge is 0.407 e. The molecule has 0 spiro atoms. The van der Waals surface area contributed by atoms with Gasteiger partial charge in [0.05, 0.1) is 0 Å². The molecule has 0 bridgehead atoms. The maximum absolute atomic E-state index is 12.7. The number of alkyl halides is 3. The van der Waals surface area contributed by atoms with Crippen molar-refractivity contribution in [3.05, 3.63) is 47.5 Å². The third-order valence-corrected chi connectivity index (χ3v) is 3.42. The molecule has 1 nitrogen and oxygen atoms in total. The second-order valence-electron chi connectivity index (χ2n) is 6.06. The van der Waals surface area contributed by atoms with E-state index in [9.17, 15) is 13.2 Å². The molecule has 2 rings (SSSR count). The molecule has 0 aromatic heterocycles. The lowest BCUT2D eigenvalue weighted by Gasteiger charge is -2.22. The van der Waals surface area contributed by atoms with Crippen molar-refractivity contribution in [3.63, 3.8) is 0 Å². The van der Waals surface area contributed by atoms with E-state index in [1.54, 1.807) is 6.07 Å². The summed E-state index contributed by atoms with van der Waals surface area (Å²) in [6, 6.07) is 8.48. The minimum absolute atomic E-state index is 0.0623. The number of fused-ring (bicyclic) bond motifs is 1. The van der Waals surface area contributed by atoms with Crippen molar-refractivity contribution in [1.29, 1.82) is 0 Å². The molecule has 0 radical (unpaired) electrons. The van der Waals surface area contributed by atoms with Crippen molar-refractivity contribution in [2.75, 3.05) is 0 Å². The van der Waals surface area contributed by atoms with E-state index >= 15 is 0 Å². The Labute approximate surface area is 116 Å². The van der Waals surface area contributed by atoms with Gasteiger partial charge in [-0.2, -0.15) is 13.2 Å². The molecular formula is C16H18F3N. The van der Waals surface area contributed by atoms with E-state index in [1.807, 2.05) is 18.2 Å². The maximum Gasteiger partial charge on any atom is 0.407 e. The van der Waals surface area contributed by atoms with Crippen LogP contribution in [0.4, 0.5) is 13.2 Å². The van der Waals surface area contributed by atoms with Gasteiger partial charge in [0.25, 0.3) is 0 Å². The standard InChI is InChI=1S/C16H18F3N/c1-15(2,3)13-6-4-5-10-9-11(7-8-12(10)13)14(20)16(17,18)19/h4-9,14H,20H2,1-3H3/t14-/m0/s1. The minimum atomic E-state index is -4.42. The van der Waals surface area contributed by atoms with Crippen molar-refractivity contribution >= 4 is 10.8 Å². The molecule has 0 unspecified atom stereocenters. The third kappa shape index (κ3) is 2.80. The number of nitrogens with two attached hydrogens (primary N) is 1. The van der Waals surface area contributed by atoms with Gasteiger partial charge >= 0.3 is 6.18 Å². The zero-order chi connectivity index (χ0) is 15.1. The summed E-state index contributed by atoms with van der Waals surface area (Å²) in [4.78, 5) is 0. The molecule has 0 aliphatic rings. The van der Waals surface area contributed by atoms with Crippen molar-refractivity contribution in [2.24, 2.45) is 5.73 Å². The number of hydrogen-bond acceptors (Lipinski definition) is 1. The number of rotatable bonds is 1. The summed E-state index contributed by atoms with van der Waals surface area (Å²) < 4.78 is 38.0. The fraction of sp³-hybridized carbons (Fsp3) is 0.375. The molecule has 0 aliphatic carbocycles. The van der Waals surface area contributed by atoms with E-state index in [-0.39, 0.29) is 11.0 Å². The van der Waals surface area contributed by atoms with Crippen LogP contribution in [0.5, 0.6) is 0 Å². The van der Waals surface area contributed by atoms with Crippen molar-refractivity contribution in [3.8, 4) is 0 Å². The highest BCUT2D eigenvalue weighted by Crippen LogP contribution is 2.34. The van der Waals surface area contributed by atoms with E-state index in [2.05, 4.69) is 20.8 Å². The van der Waals surface area contributed by atoms with Crippen molar-refractivity contribution < 1.29 is 13.2 Å². The van der Waals surface area contributed by atoms with Crippen molar-refractivity contribution in [2.45, 2.75) is 38.4 Å². The minimum Gasteiger partial charge on any atom is -0.316 e. The van der Waals surface area contributed by atoms with Gasteiger partial charge in [0, 0.05) is 0 Å². The maximum atomic E-state index is 12.7. The van der Waals surface area contributed by atoms with E-state index in [0.717, 1.165) is 16.3 Å². The Balaban J connectivity index is 2.58. The fourth-order valence-corrected chi connectivity index (χ4v) is 2.34. The third-order valence-electron chi connectivity index (χ3n) is 3.42. The molecular weight excluding hydrogens is 263 g/mol. The summed E-state index contributed by atoms with van der Waals surface area (Å²) >= 11 is 0. The Morgan fingerprint density at radius 1 is 1.00 bits per heavy atom. The van der Waals surface area contributed by atoms with E-state index < -0.39 is 12.2 Å². The lowest BCUT2D eigenvalue weighted by molar-refractivity contribution is -0.149. The highest BCUT2D eigenvalue weighted by Gasteiger charge is 2.37. The number of benzene rings is 2. The Morgan fingerprint density at radius 3 is 2.20 bits per heavy atom. The van der Waals surface area contributed by atoms with Gasteiger partial charge in [0.1, 0.15) is 6.04 Å². The highest BCUT2D eigenvalue weighted by atomic mass is 19.4. The van der Waals surface area contributed by atoms with Gasteiger partial charge in [-0.05, 0) is 33.4 Å². The van der Waals surface area contributed by atoms with Crippen LogP contribution in [0.1, 0.15) is 37.9 Å². The monoisotopic (exact) mass is 281 g/mol. The van der Waals surface area contributed by atoms with Crippen LogP contribution in [-0.2, 0) is 5.41 Å². The molecule has 2 N–H and O–H groups in total. The quantitative estimate of drug-likeness (QED) is 0.805. The fourth-order valence-electron chi connectivity index (χ4n) is 2.34. The van der Waals surface area contributed by atoms with Crippen LogP contribution in [0.3, 0.4) is 0 Å². The van der Waals surface area contributed by atoms with Gasteiger partial charge in [0.15, 0.2) is 0 Å². The second-order valence-corrected chi connectivity index (χ2v) is 6.06. The SMILES string of the molecule is CC(C)(C)c1cccc2cc([C@H](N)C(F)(F)F)ccc12. The van der Waals surface area contributed by atoms with Crippen LogP contribution in [0.25, 0.3) is 10.8 Å². The molecule has 4 heteroatoms. The average Bonchev–Trinajstić information content (AvgIpc) is 2.34. The topological polar surface area (TPSA) is 26.0 Å². The first kappa shape index (κ1) is 14.9. The molecule has 0 saturated heterocycles. The summed E-state index contributed by atoms with van der Waals surface area (Å²) in [5.41, 5.74) is 6.41. The van der Waals surface area contributed by atoms with E-state index in [0.29, 0.717) is 0 Å². The number of halogens is 3. The predicted molar refractivity (Wildman–Crippen MR) is 75.6 cm³/mol. The normalized spacial score (nSPS) is 14.6. The van der Waals surface area contributed by atoms with Crippen molar-refractivity contribution in [1.82, 2.24) is 0 Å². The molecule has 108 valence electrons. The Bertz CT molecular complexity index is 624. The summed E-state index contributed by atoms with van der Waals surface area (Å²) in [5, 5.41) is 1.76. The summed E-state index contributed by atoms with van der Waals surface area (Å²) in [6.45, 7) is 6.24. The highest BCUT2D eigenvalue weighted by molar-refractivity contribution is 5.87. The van der Waals surface area contributed by atoms with Crippen LogP contribution in [0, 0.1) is 0 Å². The Morgan fingerprint density at radius 2 is 1.65 bits per heavy atom. The van der Waals surface area contributed by atoms with Gasteiger partial charge in [-0.15, -0.1) is 0 Å². The van der Waals surface area contributed by atoms with Crippen LogP contribution >= 0.6 is 0 Å². The van der Waals surface area contributed by atoms with Gasteiger partial charge in [-0.3, -0.25) is 0 Å². The summed E-state index contributed by atoms with van der Waals surface area (Å²) in [7, 11) is 0. The van der Waals surface area contributed by atoms with Gasteiger partial charge in [-0.25, -0.2) is 0 Å². The van der Waals surface area contributed by atoms with Gasteiger partial charge < -0.3 is 5.73 Å². The van der Waals surface area contributed by atoms with Crippen LogP contribution in [-0.4, -0.2) is 6.18 Å². The second kappa shape index (κ2) is 4.77. The first-order chi connectivity index (χ1) is 9.10. The summed E-state index contributed by atoms with van der Waals surface area (Å²) in [6.07, 6.45) is -4.42. The smallest absolute Gasteiger partial charge is 0.316 e. The average molecular weight is 281 g/mol. The number of hydrogen-bond donors (Lipinski definition) is 1. The summed E-state index contributed by atoms with van der Waals surface area (Å²) in [5.74, 6) is 0. The van der Waals surface area contributed by atoms with E-state index in [4.69, 9.17) is 5.73 Å². The Kier molecular flexibility index (Phi) is 3.54. The van der Waals surface area contributed by atoms with Crippen LogP contribution in [0.15, 0.2) is 36.4 Å². The predicted octanol–water partition coefficient (Wildman–Crippen LogP) is 4.70. The lowest BCUT2D eigenvalue weighted by atomic mass is 9.83. The molecule has 0 heterocycles. The van der Waals surface area contributed by atoms with Crippen LogP contribution in [0.2, 0.25) is 0 Å². The van der Waals surface area contributed by atoms with Gasteiger partial charge in [-0.1, -0.05) is 51.1 Å².